The first-order chi connectivity index (χ1) is 15.9. The number of fused-ring (bicyclic) bond motifs is 1. The second kappa shape index (κ2) is 9.79. The summed E-state index contributed by atoms with van der Waals surface area (Å²) in [6.45, 7) is 0.938. The van der Waals surface area contributed by atoms with Gasteiger partial charge in [-0.05, 0) is 37.5 Å². The molecule has 33 heavy (non-hydrogen) atoms. The molecule has 0 radical (unpaired) electrons. The largest absolute Gasteiger partial charge is 0.496 e. The van der Waals surface area contributed by atoms with Crippen LogP contribution in [0, 0.1) is 17.2 Å². The molecule has 1 aromatic heterocycles. The van der Waals surface area contributed by atoms with Crippen LogP contribution in [0.25, 0.3) is 10.9 Å². The lowest BCUT2D eigenvalue weighted by molar-refractivity contribution is -0.130. The fourth-order valence-electron chi connectivity index (χ4n) is 4.73. The summed E-state index contributed by atoms with van der Waals surface area (Å²) in [4.78, 5) is 29.9. The lowest BCUT2D eigenvalue weighted by Crippen LogP contribution is -2.48. The number of nitrogens with one attached hydrogen (secondary N) is 3. The number of aliphatic hydroxyl groups is 1. The zero-order valence-corrected chi connectivity index (χ0v) is 18.7. The summed E-state index contributed by atoms with van der Waals surface area (Å²) in [6, 6.07) is 8.00. The number of nitriles is 1. The van der Waals surface area contributed by atoms with Crippen LogP contribution in [0.4, 0.5) is 0 Å². The molecule has 5 unspecified atom stereocenters. The average Bonchev–Trinajstić information content (AvgIpc) is 3.55. The lowest BCUT2D eigenvalue weighted by Gasteiger charge is -2.28. The van der Waals surface area contributed by atoms with Crippen LogP contribution < -0.4 is 15.4 Å². The molecule has 2 aliphatic rings. The standard InChI is InChI=1S/C23H29N5O5/c1-32-15-9-19(22(30)26-14(11-24)8-13-6-7-25-21(13)29)28(12-15)23(31)18-10-16-17(27-18)4-3-5-20(16)33-2/h3-5,10,13-15,19,23,27,31H,6-9,12H2,1-2H3,(H,25,29)(H,26,30). The van der Waals surface area contributed by atoms with E-state index in [0.29, 0.717) is 37.4 Å². The van der Waals surface area contributed by atoms with Crippen molar-refractivity contribution in [3.05, 3.63) is 30.0 Å². The van der Waals surface area contributed by atoms with Gasteiger partial charge in [-0.25, -0.2) is 0 Å². The maximum Gasteiger partial charge on any atom is 0.238 e. The van der Waals surface area contributed by atoms with Crippen molar-refractivity contribution < 1.29 is 24.2 Å². The highest BCUT2D eigenvalue weighted by molar-refractivity contribution is 5.87. The highest BCUT2D eigenvalue weighted by Crippen LogP contribution is 2.33. The minimum Gasteiger partial charge on any atom is -0.496 e. The molecular formula is C23H29N5O5. The number of ether oxygens (including phenoxy) is 2. The topological polar surface area (TPSA) is 140 Å². The molecule has 4 rings (SSSR count). The second-order valence-electron chi connectivity index (χ2n) is 8.53. The second-order valence-corrected chi connectivity index (χ2v) is 8.53. The van der Waals surface area contributed by atoms with Gasteiger partial charge < -0.3 is 30.2 Å². The first kappa shape index (κ1) is 23.0. The van der Waals surface area contributed by atoms with E-state index in [-0.39, 0.29) is 30.3 Å². The van der Waals surface area contributed by atoms with E-state index >= 15 is 0 Å². The number of aliphatic hydroxyl groups excluding tert-OH is 1. The third-order valence-electron chi connectivity index (χ3n) is 6.55. The Balaban J connectivity index is 1.51. The van der Waals surface area contributed by atoms with Crippen LogP contribution in [0.5, 0.6) is 5.75 Å². The molecule has 2 saturated heterocycles. The number of hydrogen-bond acceptors (Lipinski definition) is 7. The first-order valence-corrected chi connectivity index (χ1v) is 11.0. The summed E-state index contributed by atoms with van der Waals surface area (Å²) in [5.74, 6) is -0.0582. The van der Waals surface area contributed by atoms with Gasteiger partial charge in [0.25, 0.3) is 0 Å². The molecule has 10 nitrogen and oxygen atoms in total. The van der Waals surface area contributed by atoms with Crippen molar-refractivity contribution in [3.63, 3.8) is 0 Å². The van der Waals surface area contributed by atoms with E-state index in [1.807, 2.05) is 24.3 Å². The molecule has 4 N–H and O–H groups in total. The van der Waals surface area contributed by atoms with Crippen molar-refractivity contribution in [1.29, 1.82) is 5.26 Å². The number of methoxy groups -OCH3 is 2. The molecule has 2 aliphatic heterocycles. The van der Waals surface area contributed by atoms with E-state index in [0.717, 1.165) is 10.9 Å². The molecule has 0 aliphatic carbocycles. The number of H-pyrrole nitrogens is 1. The quantitative estimate of drug-likeness (QED) is 0.461. The summed E-state index contributed by atoms with van der Waals surface area (Å²) < 4.78 is 10.9. The zero-order chi connectivity index (χ0) is 23.5. The monoisotopic (exact) mass is 455 g/mol. The summed E-state index contributed by atoms with van der Waals surface area (Å²) >= 11 is 0. The predicted octanol–water partition coefficient (Wildman–Crippen LogP) is 0.791. The molecule has 0 bridgehead atoms. The summed E-state index contributed by atoms with van der Waals surface area (Å²) in [5, 5.41) is 27.1. The Morgan fingerprint density at radius 3 is 2.91 bits per heavy atom. The average molecular weight is 456 g/mol. The molecular weight excluding hydrogens is 426 g/mol. The van der Waals surface area contributed by atoms with Gasteiger partial charge in [-0.2, -0.15) is 5.26 Å². The maximum absolute atomic E-state index is 13.1. The third-order valence-corrected chi connectivity index (χ3v) is 6.55. The summed E-state index contributed by atoms with van der Waals surface area (Å²) in [6.07, 6.45) is -0.0322. The molecule has 176 valence electrons. The lowest BCUT2D eigenvalue weighted by atomic mass is 9.98. The van der Waals surface area contributed by atoms with Gasteiger partial charge in [-0.3, -0.25) is 14.5 Å². The van der Waals surface area contributed by atoms with Gasteiger partial charge in [0.2, 0.25) is 11.8 Å². The van der Waals surface area contributed by atoms with Crippen LogP contribution in [-0.4, -0.2) is 72.3 Å². The number of carbonyl (C=O) groups excluding carboxylic acids is 2. The molecule has 2 fully saturated rings. The van der Waals surface area contributed by atoms with Gasteiger partial charge in [0.1, 0.15) is 18.0 Å². The van der Waals surface area contributed by atoms with Crippen LogP contribution in [0.15, 0.2) is 24.3 Å². The SMILES string of the molecule is COc1cccc2[nH]c(C(O)N3CC(OC)CC3C(=O)NC(C#N)CC3CCNC3=O)cc12. The number of carbonyl (C=O) groups is 2. The molecule has 3 heterocycles. The Labute approximate surface area is 191 Å². The van der Waals surface area contributed by atoms with Crippen molar-refractivity contribution in [2.24, 2.45) is 5.92 Å². The van der Waals surface area contributed by atoms with E-state index in [2.05, 4.69) is 21.7 Å². The fourth-order valence-corrected chi connectivity index (χ4v) is 4.73. The molecule has 2 aromatic rings. The van der Waals surface area contributed by atoms with Gasteiger partial charge in [0.05, 0.1) is 31.0 Å². The van der Waals surface area contributed by atoms with Crippen LogP contribution in [-0.2, 0) is 14.3 Å². The van der Waals surface area contributed by atoms with Crippen LogP contribution in [0.1, 0.15) is 31.2 Å². The van der Waals surface area contributed by atoms with Crippen molar-refractivity contribution in [3.8, 4) is 11.8 Å². The number of amides is 2. The normalized spacial score (nSPS) is 24.9. The Morgan fingerprint density at radius 2 is 2.24 bits per heavy atom. The summed E-state index contributed by atoms with van der Waals surface area (Å²) in [5.41, 5.74) is 1.34. The number of likely N-dealkylation sites (tertiary alicyclic amines) is 1. The van der Waals surface area contributed by atoms with Gasteiger partial charge in [0, 0.05) is 37.0 Å². The Kier molecular flexibility index (Phi) is 6.83. The Morgan fingerprint density at radius 1 is 1.42 bits per heavy atom. The molecule has 0 saturated carbocycles. The van der Waals surface area contributed by atoms with E-state index < -0.39 is 18.3 Å². The van der Waals surface area contributed by atoms with E-state index in [4.69, 9.17) is 9.47 Å². The van der Waals surface area contributed by atoms with E-state index in [1.54, 1.807) is 19.1 Å². The Hall–Kier alpha value is -3.13. The molecule has 1 aromatic carbocycles. The fraction of sp³-hybridized carbons (Fsp3) is 0.522. The molecule has 2 amide bonds. The predicted molar refractivity (Wildman–Crippen MR) is 119 cm³/mol. The number of benzene rings is 1. The number of rotatable bonds is 8. The van der Waals surface area contributed by atoms with Gasteiger partial charge in [-0.1, -0.05) is 6.07 Å². The van der Waals surface area contributed by atoms with Crippen molar-refractivity contribution in [2.45, 2.75) is 43.7 Å². The van der Waals surface area contributed by atoms with Crippen molar-refractivity contribution in [1.82, 2.24) is 20.5 Å². The number of hydrogen-bond donors (Lipinski definition) is 4. The van der Waals surface area contributed by atoms with Gasteiger partial charge >= 0.3 is 0 Å². The summed E-state index contributed by atoms with van der Waals surface area (Å²) in [7, 11) is 3.16. The van der Waals surface area contributed by atoms with Crippen LogP contribution in [0.2, 0.25) is 0 Å². The van der Waals surface area contributed by atoms with Gasteiger partial charge in [-0.15, -0.1) is 0 Å². The first-order valence-electron chi connectivity index (χ1n) is 11.0. The molecule has 10 heteroatoms. The minimum atomic E-state index is -1.08. The van der Waals surface area contributed by atoms with Gasteiger partial charge in [0.15, 0.2) is 0 Å². The number of nitrogens with zero attached hydrogens (tertiary/aromatic N) is 2. The van der Waals surface area contributed by atoms with E-state index in [9.17, 15) is 20.0 Å². The van der Waals surface area contributed by atoms with Crippen molar-refractivity contribution in [2.75, 3.05) is 27.3 Å². The Bertz CT molecular complexity index is 1060. The number of aromatic nitrogens is 1. The minimum absolute atomic E-state index is 0.0869. The van der Waals surface area contributed by atoms with Crippen LogP contribution in [0.3, 0.4) is 0 Å². The number of aromatic amines is 1. The smallest absolute Gasteiger partial charge is 0.238 e. The highest BCUT2D eigenvalue weighted by atomic mass is 16.5. The van der Waals surface area contributed by atoms with E-state index in [1.165, 1.54) is 0 Å². The molecule has 0 spiro atoms. The molecule has 5 atom stereocenters. The van der Waals surface area contributed by atoms with Crippen molar-refractivity contribution >= 4 is 22.7 Å². The third kappa shape index (κ3) is 4.66. The maximum atomic E-state index is 13.1. The van der Waals surface area contributed by atoms with Crippen LogP contribution >= 0.6 is 0 Å². The highest BCUT2D eigenvalue weighted by Gasteiger charge is 2.42. The zero-order valence-electron chi connectivity index (χ0n) is 18.7.